The zero-order chi connectivity index (χ0) is 26.2. The topological polar surface area (TPSA) is 67.2 Å². The minimum absolute atomic E-state index is 0.246. The lowest BCUT2D eigenvalue weighted by Crippen LogP contribution is -2.49. The van der Waals surface area contributed by atoms with Crippen molar-refractivity contribution in [2.75, 3.05) is 31.1 Å². The molecular formula is C27H27F3N6O. The lowest BCUT2D eigenvalue weighted by atomic mass is 10.1. The first-order valence-electron chi connectivity index (χ1n) is 12.3. The van der Waals surface area contributed by atoms with Gasteiger partial charge in [0.25, 0.3) is 5.91 Å². The SMILES string of the molecule is CCCc1nc(N2CCN(C(=O)c3ccc(C(F)(F)F)cc3)CC2)c2c(C)nn(-c3ccccc3)c2n1. The first kappa shape index (κ1) is 24.7. The molecule has 0 aliphatic carbocycles. The molecule has 0 N–H and O–H groups in total. The van der Waals surface area contributed by atoms with Crippen molar-refractivity contribution in [1.29, 1.82) is 0 Å². The molecule has 1 amide bonds. The molecule has 0 bridgehead atoms. The van der Waals surface area contributed by atoms with Crippen molar-refractivity contribution >= 4 is 22.8 Å². The zero-order valence-corrected chi connectivity index (χ0v) is 20.7. The van der Waals surface area contributed by atoms with Crippen molar-refractivity contribution in [2.45, 2.75) is 32.9 Å². The summed E-state index contributed by atoms with van der Waals surface area (Å²) in [6, 6.07) is 14.2. The molecular weight excluding hydrogens is 481 g/mol. The van der Waals surface area contributed by atoms with Crippen molar-refractivity contribution in [3.8, 4) is 5.69 Å². The minimum atomic E-state index is -4.43. The van der Waals surface area contributed by atoms with Crippen LogP contribution in [0.5, 0.6) is 0 Å². The molecule has 1 aliphatic heterocycles. The fourth-order valence-corrected chi connectivity index (χ4v) is 4.62. The van der Waals surface area contributed by atoms with Gasteiger partial charge < -0.3 is 9.80 Å². The van der Waals surface area contributed by atoms with E-state index < -0.39 is 11.7 Å². The zero-order valence-electron chi connectivity index (χ0n) is 20.7. The number of rotatable bonds is 5. The van der Waals surface area contributed by atoms with E-state index in [9.17, 15) is 18.0 Å². The highest BCUT2D eigenvalue weighted by Gasteiger charge is 2.31. The van der Waals surface area contributed by atoms with Gasteiger partial charge in [0.15, 0.2) is 5.65 Å². The van der Waals surface area contributed by atoms with Gasteiger partial charge in [0.2, 0.25) is 0 Å². The van der Waals surface area contributed by atoms with Crippen molar-refractivity contribution in [2.24, 2.45) is 0 Å². The Morgan fingerprint density at radius 2 is 1.62 bits per heavy atom. The highest BCUT2D eigenvalue weighted by atomic mass is 19.4. The van der Waals surface area contributed by atoms with E-state index in [4.69, 9.17) is 15.1 Å². The second-order valence-electron chi connectivity index (χ2n) is 9.10. The van der Waals surface area contributed by atoms with Crippen molar-refractivity contribution < 1.29 is 18.0 Å². The van der Waals surface area contributed by atoms with Gasteiger partial charge >= 0.3 is 6.18 Å². The van der Waals surface area contributed by atoms with E-state index in [1.807, 2.05) is 41.9 Å². The van der Waals surface area contributed by atoms with Gasteiger partial charge in [-0.25, -0.2) is 14.6 Å². The molecule has 0 spiro atoms. The number of hydrogen-bond donors (Lipinski definition) is 0. The quantitative estimate of drug-likeness (QED) is 0.377. The van der Waals surface area contributed by atoms with Gasteiger partial charge in [-0.05, 0) is 49.7 Å². The van der Waals surface area contributed by atoms with Crippen LogP contribution in [0.3, 0.4) is 0 Å². The number of carbonyl (C=O) groups excluding carboxylic acids is 1. The van der Waals surface area contributed by atoms with E-state index in [1.165, 1.54) is 12.1 Å². The number of aryl methyl sites for hydroxylation is 2. The number of carbonyl (C=O) groups is 1. The Morgan fingerprint density at radius 3 is 2.24 bits per heavy atom. The molecule has 0 atom stereocenters. The molecule has 192 valence electrons. The molecule has 1 saturated heterocycles. The number of piperazine rings is 1. The third kappa shape index (κ3) is 4.87. The van der Waals surface area contributed by atoms with Gasteiger partial charge in [-0.15, -0.1) is 0 Å². The molecule has 37 heavy (non-hydrogen) atoms. The van der Waals surface area contributed by atoms with E-state index in [2.05, 4.69) is 11.8 Å². The number of fused-ring (bicyclic) bond motifs is 1. The largest absolute Gasteiger partial charge is 0.416 e. The summed E-state index contributed by atoms with van der Waals surface area (Å²) < 4.78 is 40.5. The fraction of sp³-hybridized carbons (Fsp3) is 0.333. The van der Waals surface area contributed by atoms with Gasteiger partial charge in [-0.3, -0.25) is 4.79 Å². The predicted octanol–water partition coefficient (Wildman–Crippen LogP) is 5.06. The van der Waals surface area contributed by atoms with E-state index in [0.717, 1.165) is 59.0 Å². The Morgan fingerprint density at radius 1 is 0.946 bits per heavy atom. The summed E-state index contributed by atoms with van der Waals surface area (Å²) in [5.41, 5.74) is 1.97. The van der Waals surface area contributed by atoms with Crippen LogP contribution in [0.2, 0.25) is 0 Å². The summed E-state index contributed by atoms with van der Waals surface area (Å²) in [7, 11) is 0. The minimum Gasteiger partial charge on any atom is -0.352 e. The third-order valence-corrected chi connectivity index (χ3v) is 6.53. The number of amides is 1. The number of hydrogen-bond acceptors (Lipinski definition) is 5. The first-order valence-corrected chi connectivity index (χ1v) is 12.3. The summed E-state index contributed by atoms with van der Waals surface area (Å²) in [4.78, 5) is 26.5. The number of aromatic nitrogens is 4. The van der Waals surface area contributed by atoms with Crippen LogP contribution in [0.4, 0.5) is 19.0 Å². The number of halogens is 3. The average molecular weight is 509 g/mol. The third-order valence-electron chi connectivity index (χ3n) is 6.53. The highest BCUT2D eigenvalue weighted by Crippen LogP contribution is 2.31. The molecule has 1 aliphatic rings. The van der Waals surface area contributed by atoms with Crippen LogP contribution in [0, 0.1) is 6.92 Å². The molecule has 5 rings (SSSR count). The Hall–Kier alpha value is -3.95. The van der Waals surface area contributed by atoms with Gasteiger partial charge in [-0.2, -0.15) is 18.3 Å². The number of para-hydroxylation sites is 1. The first-order chi connectivity index (χ1) is 17.8. The van der Waals surface area contributed by atoms with E-state index in [0.29, 0.717) is 26.2 Å². The van der Waals surface area contributed by atoms with Gasteiger partial charge in [0, 0.05) is 38.2 Å². The van der Waals surface area contributed by atoms with Crippen LogP contribution in [0.25, 0.3) is 16.7 Å². The van der Waals surface area contributed by atoms with Gasteiger partial charge in [0.05, 0.1) is 22.3 Å². The fourth-order valence-electron chi connectivity index (χ4n) is 4.62. The molecule has 2 aromatic carbocycles. The lowest BCUT2D eigenvalue weighted by molar-refractivity contribution is -0.137. The highest BCUT2D eigenvalue weighted by molar-refractivity contribution is 5.95. The van der Waals surface area contributed by atoms with E-state index >= 15 is 0 Å². The number of nitrogens with zero attached hydrogens (tertiary/aromatic N) is 6. The van der Waals surface area contributed by atoms with Crippen LogP contribution in [0.15, 0.2) is 54.6 Å². The Labute approximate surface area is 212 Å². The van der Waals surface area contributed by atoms with Crippen LogP contribution >= 0.6 is 0 Å². The van der Waals surface area contributed by atoms with Crippen LogP contribution in [0.1, 0.15) is 40.8 Å². The summed E-state index contributed by atoms with van der Waals surface area (Å²) in [6.45, 7) is 5.97. The Balaban J connectivity index is 1.41. The molecule has 0 unspecified atom stereocenters. The molecule has 0 saturated carbocycles. The molecule has 3 heterocycles. The smallest absolute Gasteiger partial charge is 0.352 e. The molecule has 10 heteroatoms. The van der Waals surface area contributed by atoms with E-state index in [1.54, 1.807) is 4.90 Å². The van der Waals surface area contributed by atoms with Crippen molar-refractivity contribution in [3.63, 3.8) is 0 Å². The maximum absolute atomic E-state index is 13.0. The molecule has 0 radical (unpaired) electrons. The van der Waals surface area contributed by atoms with Crippen molar-refractivity contribution in [1.82, 2.24) is 24.6 Å². The number of alkyl halides is 3. The summed E-state index contributed by atoms with van der Waals surface area (Å²) in [6.07, 6.45) is -2.80. The van der Waals surface area contributed by atoms with Crippen LogP contribution in [-0.4, -0.2) is 56.7 Å². The summed E-state index contributed by atoms with van der Waals surface area (Å²) in [5, 5.41) is 5.65. The summed E-state index contributed by atoms with van der Waals surface area (Å²) >= 11 is 0. The van der Waals surface area contributed by atoms with E-state index in [-0.39, 0.29) is 11.5 Å². The Bertz CT molecular complexity index is 1410. The number of anilines is 1. The molecule has 4 aromatic rings. The second kappa shape index (κ2) is 9.84. The molecule has 1 fully saturated rings. The maximum Gasteiger partial charge on any atom is 0.416 e. The predicted molar refractivity (Wildman–Crippen MR) is 135 cm³/mol. The number of benzene rings is 2. The van der Waals surface area contributed by atoms with Gasteiger partial charge in [-0.1, -0.05) is 25.1 Å². The van der Waals surface area contributed by atoms with Crippen molar-refractivity contribution in [3.05, 3.63) is 77.2 Å². The van der Waals surface area contributed by atoms with Crippen LogP contribution in [-0.2, 0) is 12.6 Å². The normalized spacial score (nSPS) is 14.4. The molecule has 7 nitrogen and oxygen atoms in total. The summed E-state index contributed by atoms with van der Waals surface area (Å²) in [5.74, 6) is 1.26. The lowest BCUT2D eigenvalue weighted by Gasteiger charge is -2.36. The monoisotopic (exact) mass is 508 g/mol. The molecule has 2 aromatic heterocycles. The van der Waals surface area contributed by atoms with Crippen LogP contribution < -0.4 is 4.90 Å². The Kier molecular flexibility index (Phi) is 6.57. The maximum atomic E-state index is 13.0. The standard InChI is InChI=1S/C27H27F3N6O/c1-3-7-22-31-24(23-18(2)33-36(25(23)32-22)21-8-5-4-6-9-21)34-14-16-35(17-15-34)26(37)19-10-12-20(13-11-19)27(28,29)30/h4-6,8-13H,3,7,14-17H2,1-2H3. The average Bonchev–Trinajstić information content (AvgIpc) is 3.24. The van der Waals surface area contributed by atoms with Gasteiger partial charge in [0.1, 0.15) is 11.6 Å². The second-order valence-corrected chi connectivity index (χ2v) is 9.10.